The van der Waals surface area contributed by atoms with Gasteiger partial charge in [-0.1, -0.05) is 70.0 Å². The lowest BCUT2D eigenvalue weighted by molar-refractivity contribution is 0.569. The third-order valence-corrected chi connectivity index (χ3v) is 5.96. The number of anilines is 2. The van der Waals surface area contributed by atoms with Gasteiger partial charge in [-0.2, -0.15) is 9.61 Å². The molecule has 1 N–H and O–H groups in total. The number of hydrogen-bond acceptors (Lipinski definition) is 3. The number of nitrogens with zero attached hydrogens (tertiary/aromatic N) is 3. The Balaban J connectivity index is 1.81. The number of benzene rings is 2. The van der Waals surface area contributed by atoms with Crippen molar-refractivity contribution in [3.63, 3.8) is 0 Å². The average Bonchev–Trinajstić information content (AvgIpc) is 3.09. The number of hydrogen-bond donors (Lipinski definition) is 1. The van der Waals surface area contributed by atoms with E-state index in [0.29, 0.717) is 0 Å². The zero-order chi connectivity index (χ0) is 22.9. The minimum Gasteiger partial charge on any atom is -0.340 e. The zero-order valence-electron chi connectivity index (χ0n) is 19.5. The van der Waals surface area contributed by atoms with Crippen LogP contribution in [-0.2, 0) is 11.8 Å². The van der Waals surface area contributed by atoms with Crippen LogP contribution in [0.15, 0.2) is 54.6 Å². The molecule has 0 unspecified atom stereocenters. The van der Waals surface area contributed by atoms with Crippen molar-refractivity contribution in [1.82, 2.24) is 14.6 Å². The smallest absolute Gasteiger partial charge is 0.165 e. The van der Waals surface area contributed by atoms with E-state index >= 15 is 0 Å². The minimum atomic E-state index is -0.0996. The van der Waals surface area contributed by atoms with Crippen molar-refractivity contribution in [2.45, 2.75) is 59.3 Å². The van der Waals surface area contributed by atoms with Gasteiger partial charge in [-0.15, -0.1) is 0 Å². The van der Waals surface area contributed by atoms with Crippen molar-refractivity contribution in [2.75, 3.05) is 5.32 Å². The normalized spacial score (nSPS) is 11.8. The highest BCUT2D eigenvalue weighted by Crippen LogP contribution is 2.33. The fraction of sp³-hybridized carbons (Fsp3) is 0.333. The first kappa shape index (κ1) is 22.3. The second-order valence-corrected chi connectivity index (χ2v) is 9.84. The Hall–Kier alpha value is -2.85. The Morgan fingerprint density at radius 2 is 1.69 bits per heavy atom. The second kappa shape index (κ2) is 8.95. The maximum Gasteiger partial charge on any atom is 0.165 e. The van der Waals surface area contributed by atoms with E-state index in [1.54, 1.807) is 0 Å². The van der Waals surface area contributed by atoms with Gasteiger partial charge in [0.25, 0.3) is 0 Å². The molecule has 0 aliphatic carbocycles. The van der Waals surface area contributed by atoms with E-state index in [0.717, 1.165) is 51.1 Å². The fourth-order valence-electron chi connectivity index (χ4n) is 3.83. The molecule has 0 radical (unpaired) electrons. The van der Waals surface area contributed by atoms with Gasteiger partial charge >= 0.3 is 0 Å². The van der Waals surface area contributed by atoms with E-state index in [1.807, 2.05) is 35.7 Å². The molecule has 4 aromatic rings. The van der Waals surface area contributed by atoms with E-state index < -0.39 is 0 Å². The molecule has 2 heterocycles. The molecule has 0 fully saturated rings. The number of fused-ring (bicyclic) bond motifs is 1. The molecular weight excluding hydrogens is 416 g/mol. The van der Waals surface area contributed by atoms with Crippen LogP contribution >= 0.6 is 11.6 Å². The summed E-state index contributed by atoms with van der Waals surface area (Å²) < 4.78 is 1.92. The summed E-state index contributed by atoms with van der Waals surface area (Å²) in [5, 5.41) is 9.15. The molecule has 166 valence electrons. The quantitative estimate of drug-likeness (QED) is 0.329. The predicted octanol–water partition coefficient (Wildman–Crippen LogP) is 7.74. The minimum absolute atomic E-state index is 0.0996. The van der Waals surface area contributed by atoms with Gasteiger partial charge in [-0.3, -0.25) is 0 Å². The number of aryl methyl sites for hydroxylation is 2. The molecule has 32 heavy (non-hydrogen) atoms. The van der Waals surface area contributed by atoms with Crippen molar-refractivity contribution in [3.05, 3.63) is 76.6 Å². The van der Waals surface area contributed by atoms with Crippen molar-refractivity contribution >= 4 is 28.8 Å². The second-order valence-electron chi connectivity index (χ2n) is 9.40. The van der Waals surface area contributed by atoms with E-state index in [9.17, 15) is 0 Å². The molecule has 0 spiro atoms. The lowest BCUT2D eigenvalue weighted by atomic mass is 9.92. The summed E-state index contributed by atoms with van der Waals surface area (Å²) in [6.07, 6.45) is 3.54. The van der Waals surface area contributed by atoms with Crippen LogP contribution in [0.25, 0.3) is 16.8 Å². The summed E-state index contributed by atoms with van der Waals surface area (Å²) in [5.41, 5.74) is 7.20. The maximum atomic E-state index is 6.12. The Kier molecular flexibility index (Phi) is 6.25. The van der Waals surface area contributed by atoms with Crippen molar-refractivity contribution < 1.29 is 0 Å². The van der Waals surface area contributed by atoms with Gasteiger partial charge in [0, 0.05) is 27.8 Å². The molecule has 0 aliphatic heterocycles. The molecule has 0 saturated carbocycles. The van der Waals surface area contributed by atoms with Gasteiger partial charge in [-0.25, -0.2) is 4.98 Å². The van der Waals surface area contributed by atoms with Crippen LogP contribution in [0.3, 0.4) is 0 Å². The largest absolute Gasteiger partial charge is 0.340 e. The van der Waals surface area contributed by atoms with Gasteiger partial charge in [0.1, 0.15) is 5.82 Å². The van der Waals surface area contributed by atoms with Crippen LogP contribution < -0.4 is 5.32 Å². The van der Waals surface area contributed by atoms with Crippen LogP contribution in [0.2, 0.25) is 5.02 Å². The Morgan fingerprint density at radius 3 is 2.31 bits per heavy atom. The average molecular weight is 447 g/mol. The number of nitrogens with one attached hydrogen (secondary N) is 1. The van der Waals surface area contributed by atoms with E-state index in [2.05, 4.69) is 63.3 Å². The molecule has 4 rings (SSSR count). The van der Waals surface area contributed by atoms with E-state index in [1.165, 1.54) is 18.4 Å². The molecule has 0 saturated heterocycles. The number of halogens is 1. The highest BCUT2D eigenvalue weighted by molar-refractivity contribution is 6.30. The van der Waals surface area contributed by atoms with Crippen molar-refractivity contribution in [1.29, 1.82) is 0 Å². The molecule has 0 bridgehead atoms. The summed E-state index contributed by atoms with van der Waals surface area (Å²) in [7, 11) is 0. The van der Waals surface area contributed by atoms with Crippen LogP contribution in [0, 0.1) is 6.92 Å². The highest BCUT2D eigenvalue weighted by atomic mass is 35.5. The summed E-state index contributed by atoms with van der Waals surface area (Å²) in [6, 6.07) is 18.7. The van der Waals surface area contributed by atoms with E-state index in [-0.39, 0.29) is 5.41 Å². The summed E-state index contributed by atoms with van der Waals surface area (Å²) in [4.78, 5) is 5.04. The first-order valence-electron chi connectivity index (χ1n) is 11.3. The van der Waals surface area contributed by atoms with Gasteiger partial charge in [0.15, 0.2) is 5.65 Å². The number of aromatic nitrogens is 3. The molecule has 0 atom stereocenters. The summed E-state index contributed by atoms with van der Waals surface area (Å²) in [6.45, 7) is 10.8. The topological polar surface area (TPSA) is 42.2 Å². The molecule has 5 heteroatoms. The lowest BCUT2D eigenvalue weighted by Gasteiger charge is -2.20. The third kappa shape index (κ3) is 4.66. The molecule has 4 nitrogen and oxygen atoms in total. The van der Waals surface area contributed by atoms with Crippen LogP contribution in [0.1, 0.15) is 57.5 Å². The van der Waals surface area contributed by atoms with E-state index in [4.69, 9.17) is 21.7 Å². The maximum absolute atomic E-state index is 6.12. The van der Waals surface area contributed by atoms with Gasteiger partial charge in [0.2, 0.25) is 0 Å². The molecule has 0 amide bonds. The molecule has 2 aromatic carbocycles. The third-order valence-electron chi connectivity index (χ3n) is 5.71. The highest BCUT2D eigenvalue weighted by Gasteiger charge is 2.22. The first-order valence-corrected chi connectivity index (χ1v) is 11.7. The van der Waals surface area contributed by atoms with Gasteiger partial charge in [0.05, 0.1) is 11.4 Å². The monoisotopic (exact) mass is 446 g/mol. The zero-order valence-corrected chi connectivity index (χ0v) is 20.3. The van der Waals surface area contributed by atoms with Crippen molar-refractivity contribution in [2.24, 2.45) is 0 Å². The van der Waals surface area contributed by atoms with Gasteiger partial charge in [-0.05, 0) is 55.2 Å². The number of rotatable bonds is 6. The van der Waals surface area contributed by atoms with Crippen LogP contribution in [0.4, 0.5) is 11.5 Å². The van der Waals surface area contributed by atoms with Crippen LogP contribution in [0.5, 0.6) is 0 Å². The molecule has 2 aromatic heterocycles. The van der Waals surface area contributed by atoms with Crippen molar-refractivity contribution in [3.8, 4) is 11.1 Å². The van der Waals surface area contributed by atoms with Crippen LogP contribution in [-0.4, -0.2) is 14.6 Å². The molecular formula is C27H31ClN4. The Morgan fingerprint density at radius 1 is 1.00 bits per heavy atom. The Labute approximate surface area is 195 Å². The molecule has 0 aliphatic rings. The first-order chi connectivity index (χ1) is 15.3. The fourth-order valence-corrected chi connectivity index (χ4v) is 3.96. The standard InChI is InChI=1S/C27H31ClN4/c1-6-7-8-19-9-15-22(16-10-19)29-24-17-23(27(3,4)5)30-26-25(18(2)31-32(24)26)20-11-13-21(28)14-12-20/h9-17,29H,6-8H2,1-5H3. The SMILES string of the molecule is CCCCc1ccc(Nc2cc(C(C)(C)C)nc3c(-c4ccc(Cl)cc4)c(C)nn23)cc1. The lowest BCUT2D eigenvalue weighted by Crippen LogP contribution is -2.16. The number of unbranched alkanes of at least 4 members (excludes halogenated alkanes) is 1. The van der Waals surface area contributed by atoms with Gasteiger partial charge < -0.3 is 5.32 Å². The summed E-state index contributed by atoms with van der Waals surface area (Å²) in [5.74, 6) is 0.907. The Bertz CT molecular complexity index is 1220. The predicted molar refractivity (Wildman–Crippen MR) is 135 cm³/mol. The summed E-state index contributed by atoms with van der Waals surface area (Å²) >= 11 is 6.12.